The lowest BCUT2D eigenvalue weighted by atomic mass is 9.70. The molecule has 0 radical (unpaired) electrons. The third kappa shape index (κ3) is 5.33. The molecule has 26 heavy (non-hydrogen) atoms. The minimum atomic E-state index is -0.281. The standard InChI is InChI=1S/C22H33NO3/c1-14-11-15(2)20(16(3)12-14)23-19(24)13-26-21(25)17-7-9-18(10-8-17)22(4,5)6/h11-12,17-18H,7-10,13H2,1-6H3,(H,23,24). The van der Waals surface area contributed by atoms with Crippen LogP contribution in [0.15, 0.2) is 12.1 Å². The first-order valence-electron chi connectivity index (χ1n) is 9.62. The van der Waals surface area contributed by atoms with Gasteiger partial charge >= 0.3 is 5.97 Å². The minimum absolute atomic E-state index is 0.0655. The van der Waals surface area contributed by atoms with Crippen LogP contribution in [0, 0.1) is 38.0 Å². The maximum atomic E-state index is 12.3. The van der Waals surface area contributed by atoms with Gasteiger partial charge in [0.25, 0.3) is 5.91 Å². The van der Waals surface area contributed by atoms with Crippen LogP contribution in [0.1, 0.15) is 63.1 Å². The van der Waals surface area contributed by atoms with E-state index in [0.717, 1.165) is 48.1 Å². The first kappa shape index (κ1) is 20.5. The van der Waals surface area contributed by atoms with Gasteiger partial charge in [0.05, 0.1) is 5.92 Å². The largest absolute Gasteiger partial charge is 0.455 e. The summed E-state index contributed by atoms with van der Waals surface area (Å²) in [6.45, 7) is 12.5. The molecule has 0 heterocycles. The Morgan fingerprint density at radius 3 is 2.08 bits per heavy atom. The molecule has 1 saturated carbocycles. The lowest BCUT2D eigenvalue weighted by Gasteiger charge is -2.36. The number of carbonyl (C=O) groups is 2. The molecule has 0 aromatic heterocycles. The number of benzene rings is 1. The molecule has 1 fully saturated rings. The van der Waals surface area contributed by atoms with Gasteiger partial charge in [-0.15, -0.1) is 0 Å². The summed E-state index contributed by atoms with van der Waals surface area (Å²) in [5.41, 5.74) is 4.29. The highest BCUT2D eigenvalue weighted by molar-refractivity contribution is 5.94. The van der Waals surface area contributed by atoms with Crippen molar-refractivity contribution in [1.29, 1.82) is 0 Å². The van der Waals surface area contributed by atoms with E-state index in [1.54, 1.807) is 0 Å². The maximum absolute atomic E-state index is 12.3. The van der Waals surface area contributed by atoms with Crippen molar-refractivity contribution in [3.8, 4) is 0 Å². The van der Waals surface area contributed by atoms with Gasteiger partial charge in [-0.2, -0.15) is 0 Å². The quantitative estimate of drug-likeness (QED) is 0.774. The summed E-state index contributed by atoms with van der Waals surface area (Å²) in [6.07, 6.45) is 3.82. The third-order valence-corrected chi connectivity index (χ3v) is 5.57. The molecule has 0 spiro atoms. The zero-order valence-electron chi connectivity index (χ0n) is 17.1. The van der Waals surface area contributed by atoms with Crippen molar-refractivity contribution in [1.82, 2.24) is 0 Å². The van der Waals surface area contributed by atoms with E-state index in [1.165, 1.54) is 0 Å². The van der Waals surface area contributed by atoms with Crippen molar-refractivity contribution < 1.29 is 14.3 Å². The van der Waals surface area contributed by atoms with E-state index in [1.807, 2.05) is 32.9 Å². The van der Waals surface area contributed by atoms with Gasteiger partial charge in [0.2, 0.25) is 0 Å². The predicted octanol–water partition coefficient (Wildman–Crippen LogP) is 4.95. The number of anilines is 1. The number of hydrogen-bond acceptors (Lipinski definition) is 3. The van der Waals surface area contributed by atoms with Crippen LogP contribution in [0.3, 0.4) is 0 Å². The summed E-state index contributed by atoms with van der Waals surface area (Å²) in [6, 6.07) is 4.06. The summed E-state index contributed by atoms with van der Waals surface area (Å²) in [5, 5.41) is 2.87. The highest BCUT2D eigenvalue weighted by Crippen LogP contribution is 2.40. The van der Waals surface area contributed by atoms with E-state index < -0.39 is 0 Å². The fourth-order valence-electron chi connectivity index (χ4n) is 4.00. The molecular weight excluding hydrogens is 326 g/mol. The van der Waals surface area contributed by atoms with Crippen LogP contribution in [-0.4, -0.2) is 18.5 Å². The Labute approximate surface area is 157 Å². The number of rotatable bonds is 4. The van der Waals surface area contributed by atoms with E-state index in [9.17, 15) is 9.59 Å². The second kappa shape index (κ2) is 8.24. The van der Waals surface area contributed by atoms with Crippen molar-refractivity contribution in [2.45, 2.75) is 67.2 Å². The van der Waals surface area contributed by atoms with Crippen LogP contribution >= 0.6 is 0 Å². The number of carbonyl (C=O) groups excluding carboxylic acids is 2. The summed E-state index contributed by atoms with van der Waals surface area (Å²) in [5.74, 6) is 0.0771. The molecule has 144 valence electrons. The molecule has 4 nitrogen and oxygen atoms in total. The second-order valence-electron chi connectivity index (χ2n) is 8.84. The first-order valence-corrected chi connectivity index (χ1v) is 9.62. The molecule has 0 aliphatic heterocycles. The lowest BCUT2D eigenvalue weighted by molar-refractivity contribution is -0.153. The van der Waals surface area contributed by atoms with Crippen LogP contribution < -0.4 is 5.32 Å². The number of ether oxygens (including phenoxy) is 1. The summed E-state index contributed by atoms with van der Waals surface area (Å²) < 4.78 is 5.29. The highest BCUT2D eigenvalue weighted by atomic mass is 16.5. The van der Waals surface area contributed by atoms with Crippen LogP contribution in [0.25, 0.3) is 0 Å². The van der Waals surface area contributed by atoms with Gasteiger partial charge in [-0.1, -0.05) is 38.5 Å². The smallest absolute Gasteiger partial charge is 0.309 e. The third-order valence-electron chi connectivity index (χ3n) is 5.57. The Balaban J connectivity index is 1.82. The minimum Gasteiger partial charge on any atom is -0.455 e. The van der Waals surface area contributed by atoms with Crippen molar-refractivity contribution in [3.05, 3.63) is 28.8 Å². The number of esters is 1. The SMILES string of the molecule is Cc1cc(C)c(NC(=O)COC(=O)C2CCC(C(C)(C)C)CC2)c(C)c1. The first-order chi connectivity index (χ1) is 12.1. The van der Waals surface area contributed by atoms with Crippen molar-refractivity contribution in [2.75, 3.05) is 11.9 Å². The fourth-order valence-corrected chi connectivity index (χ4v) is 4.00. The van der Waals surface area contributed by atoms with Crippen molar-refractivity contribution >= 4 is 17.6 Å². The molecule has 2 rings (SSSR count). The van der Waals surface area contributed by atoms with Gasteiger partial charge in [-0.05, 0) is 68.9 Å². The molecule has 1 amide bonds. The zero-order valence-corrected chi connectivity index (χ0v) is 17.1. The Bertz CT molecular complexity index is 641. The number of hydrogen-bond donors (Lipinski definition) is 1. The van der Waals surface area contributed by atoms with Crippen LogP contribution in [-0.2, 0) is 14.3 Å². The van der Waals surface area contributed by atoms with Gasteiger partial charge in [0, 0.05) is 5.69 Å². The predicted molar refractivity (Wildman–Crippen MR) is 105 cm³/mol. The van der Waals surface area contributed by atoms with Gasteiger partial charge in [-0.3, -0.25) is 9.59 Å². The highest BCUT2D eigenvalue weighted by Gasteiger charge is 2.33. The number of aryl methyl sites for hydroxylation is 3. The molecule has 1 aromatic rings. The van der Waals surface area contributed by atoms with Crippen LogP contribution in [0.5, 0.6) is 0 Å². The molecule has 0 saturated heterocycles. The Kier molecular flexibility index (Phi) is 6.48. The molecular formula is C22H33NO3. The fraction of sp³-hybridized carbons (Fsp3) is 0.636. The summed E-state index contributed by atoms with van der Waals surface area (Å²) in [7, 11) is 0. The van der Waals surface area contributed by atoms with Gasteiger partial charge in [-0.25, -0.2) is 0 Å². The Hall–Kier alpha value is -1.84. The zero-order chi connectivity index (χ0) is 19.5. The van der Waals surface area contributed by atoms with Crippen molar-refractivity contribution in [2.24, 2.45) is 17.3 Å². The Morgan fingerprint density at radius 2 is 1.58 bits per heavy atom. The average molecular weight is 360 g/mol. The maximum Gasteiger partial charge on any atom is 0.309 e. The van der Waals surface area contributed by atoms with E-state index in [2.05, 4.69) is 26.1 Å². The second-order valence-corrected chi connectivity index (χ2v) is 8.84. The van der Waals surface area contributed by atoms with Gasteiger partial charge < -0.3 is 10.1 Å². The number of nitrogens with one attached hydrogen (secondary N) is 1. The molecule has 1 aliphatic carbocycles. The normalized spacial score (nSPS) is 20.5. The molecule has 4 heteroatoms. The topological polar surface area (TPSA) is 55.4 Å². The van der Waals surface area contributed by atoms with E-state index in [0.29, 0.717) is 11.3 Å². The van der Waals surface area contributed by atoms with Crippen molar-refractivity contribution in [3.63, 3.8) is 0 Å². The van der Waals surface area contributed by atoms with Gasteiger partial charge in [0.15, 0.2) is 6.61 Å². The van der Waals surface area contributed by atoms with E-state index >= 15 is 0 Å². The molecule has 1 N–H and O–H groups in total. The van der Waals surface area contributed by atoms with Crippen LogP contribution in [0.4, 0.5) is 5.69 Å². The molecule has 0 unspecified atom stereocenters. The summed E-state index contributed by atoms with van der Waals surface area (Å²) in [4.78, 5) is 24.5. The lowest BCUT2D eigenvalue weighted by Crippen LogP contribution is -2.31. The monoisotopic (exact) mass is 359 g/mol. The average Bonchev–Trinajstić information content (AvgIpc) is 2.55. The molecule has 0 bridgehead atoms. The number of amides is 1. The summed E-state index contributed by atoms with van der Waals surface area (Å²) >= 11 is 0. The Morgan fingerprint density at radius 1 is 1.04 bits per heavy atom. The van der Waals surface area contributed by atoms with Crippen LogP contribution in [0.2, 0.25) is 0 Å². The molecule has 1 aliphatic rings. The van der Waals surface area contributed by atoms with Gasteiger partial charge in [0.1, 0.15) is 0 Å². The van der Waals surface area contributed by atoms with E-state index in [4.69, 9.17) is 4.74 Å². The van der Waals surface area contributed by atoms with E-state index in [-0.39, 0.29) is 24.4 Å². The molecule has 1 aromatic carbocycles. The molecule has 0 atom stereocenters.